The Morgan fingerprint density at radius 1 is 1.47 bits per heavy atom. The number of nitrogens with two attached hydrogens (primary N) is 1. The van der Waals surface area contributed by atoms with Crippen LogP contribution in [-0.2, 0) is 9.67 Å². The fourth-order valence-corrected chi connectivity index (χ4v) is 3.16. The fraction of sp³-hybridized carbons (Fsp3) is 0.273. The van der Waals surface area contributed by atoms with Gasteiger partial charge in [0.1, 0.15) is 4.87 Å². The summed E-state index contributed by atoms with van der Waals surface area (Å²) in [6, 6.07) is 6.32. The zero-order valence-electron chi connectivity index (χ0n) is 9.14. The van der Waals surface area contributed by atoms with E-state index in [0.29, 0.717) is 5.02 Å². The van der Waals surface area contributed by atoms with Crippen molar-refractivity contribution in [1.29, 1.82) is 0 Å². The van der Waals surface area contributed by atoms with Gasteiger partial charge < -0.3 is 5.73 Å². The van der Waals surface area contributed by atoms with Crippen LogP contribution in [0.3, 0.4) is 0 Å². The first-order valence-electron chi connectivity index (χ1n) is 4.97. The summed E-state index contributed by atoms with van der Waals surface area (Å²) in [6.45, 7) is 1.80. The van der Waals surface area contributed by atoms with Crippen molar-refractivity contribution in [3.05, 3.63) is 34.9 Å². The van der Waals surface area contributed by atoms with E-state index < -0.39 is 10.9 Å². The summed E-state index contributed by atoms with van der Waals surface area (Å²) in [7, 11) is 0. The molecule has 6 heteroatoms. The highest BCUT2D eigenvalue weighted by Gasteiger charge is 2.46. The van der Waals surface area contributed by atoms with Gasteiger partial charge in [-0.3, -0.25) is 4.79 Å². The van der Waals surface area contributed by atoms with Gasteiger partial charge in [-0.15, -0.1) is 11.8 Å². The second-order valence-electron chi connectivity index (χ2n) is 3.85. The van der Waals surface area contributed by atoms with Crippen LogP contribution in [0.1, 0.15) is 12.5 Å². The fourth-order valence-electron chi connectivity index (χ4n) is 1.87. The number of hydrogen-bond acceptors (Lipinski definition) is 3. The van der Waals surface area contributed by atoms with Crippen molar-refractivity contribution in [2.45, 2.75) is 11.8 Å². The van der Waals surface area contributed by atoms with Gasteiger partial charge >= 0.3 is 6.03 Å². The van der Waals surface area contributed by atoms with Crippen molar-refractivity contribution >= 4 is 35.3 Å². The van der Waals surface area contributed by atoms with Crippen LogP contribution < -0.4 is 5.73 Å². The monoisotopic (exact) mass is 270 g/mol. The number of carbonyl (C=O) groups is 2. The number of benzene rings is 1. The number of carbonyl (C=O) groups excluding carboxylic acids is 2. The van der Waals surface area contributed by atoms with Crippen LogP contribution in [0.5, 0.6) is 0 Å². The van der Waals surface area contributed by atoms with E-state index in [0.717, 1.165) is 10.5 Å². The molecule has 1 saturated heterocycles. The molecule has 0 aromatic heterocycles. The number of imide groups is 1. The summed E-state index contributed by atoms with van der Waals surface area (Å²) in [5.41, 5.74) is 6.09. The molecule has 1 aliphatic rings. The van der Waals surface area contributed by atoms with E-state index in [2.05, 4.69) is 0 Å². The first kappa shape index (κ1) is 12.3. The van der Waals surface area contributed by atoms with Gasteiger partial charge in [0.25, 0.3) is 0 Å². The van der Waals surface area contributed by atoms with Gasteiger partial charge in [0.2, 0.25) is 5.91 Å². The lowest BCUT2D eigenvalue weighted by Gasteiger charge is -2.31. The van der Waals surface area contributed by atoms with Crippen molar-refractivity contribution in [2.75, 3.05) is 5.75 Å². The third kappa shape index (κ3) is 2.00. The molecular formula is C11H11ClN2O2S. The highest BCUT2D eigenvalue weighted by atomic mass is 35.5. The predicted octanol–water partition coefficient (Wildman–Crippen LogP) is 2.17. The van der Waals surface area contributed by atoms with E-state index >= 15 is 0 Å². The Morgan fingerprint density at radius 2 is 2.06 bits per heavy atom. The standard InChI is InChI=1S/C11H11ClN2O2S/c1-11(7-2-4-8(12)5-3-7)14(10(13)16)9(15)6-17-11/h2-5H,6H2,1H3,(H2,13,16). The average molecular weight is 271 g/mol. The third-order valence-corrected chi connectivity index (χ3v) is 4.38. The highest BCUT2D eigenvalue weighted by molar-refractivity contribution is 8.01. The van der Waals surface area contributed by atoms with Crippen LogP contribution in [0, 0.1) is 0 Å². The molecule has 2 N–H and O–H groups in total. The smallest absolute Gasteiger partial charge is 0.322 e. The van der Waals surface area contributed by atoms with E-state index in [1.807, 2.05) is 0 Å². The first-order valence-corrected chi connectivity index (χ1v) is 6.34. The zero-order chi connectivity index (χ0) is 12.6. The quantitative estimate of drug-likeness (QED) is 0.851. The van der Waals surface area contributed by atoms with Crippen LogP contribution in [-0.4, -0.2) is 22.6 Å². The molecule has 90 valence electrons. The molecule has 1 heterocycles. The second kappa shape index (κ2) is 4.23. The van der Waals surface area contributed by atoms with Crippen LogP contribution in [0.15, 0.2) is 24.3 Å². The lowest BCUT2D eigenvalue weighted by molar-refractivity contribution is -0.126. The number of amides is 3. The molecule has 2 rings (SSSR count). The summed E-state index contributed by atoms with van der Waals surface area (Å²) in [4.78, 5) is 23.4. The van der Waals surface area contributed by atoms with Gasteiger partial charge in [0.15, 0.2) is 0 Å². The molecule has 1 fully saturated rings. The number of halogens is 1. The average Bonchev–Trinajstić information content (AvgIpc) is 2.56. The minimum atomic E-state index is -0.743. The number of thioether (sulfide) groups is 1. The molecular weight excluding hydrogens is 260 g/mol. The molecule has 0 bridgehead atoms. The van der Waals surface area contributed by atoms with Gasteiger partial charge in [-0.2, -0.15) is 0 Å². The van der Waals surface area contributed by atoms with Crippen LogP contribution in [0.4, 0.5) is 4.79 Å². The van der Waals surface area contributed by atoms with E-state index in [9.17, 15) is 9.59 Å². The minimum absolute atomic E-state index is 0.252. The summed E-state index contributed by atoms with van der Waals surface area (Å²) in [6.07, 6.45) is 0. The number of nitrogens with zero attached hydrogens (tertiary/aromatic N) is 1. The van der Waals surface area contributed by atoms with Crippen molar-refractivity contribution in [1.82, 2.24) is 4.90 Å². The van der Waals surface area contributed by atoms with Gasteiger partial charge in [-0.1, -0.05) is 23.7 Å². The SMILES string of the molecule is CC1(c2ccc(Cl)cc2)SCC(=O)N1C(N)=O. The summed E-state index contributed by atoms with van der Waals surface area (Å²) in [5.74, 6) is -0.0119. The molecule has 1 aliphatic heterocycles. The molecule has 1 aromatic rings. The maximum absolute atomic E-state index is 11.6. The van der Waals surface area contributed by atoms with Crippen LogP contribution in [0.25, 0.3) is 0 Å². The Hall–Kier alpha value is -1.20. The molecule has 1 aromatic carbocycles. The second-order valence-corrected chi connectivity index (χ2v) is 5.65. The zero-order valence-corrected chi connectivity index (χ0v) is 10.7. The molecule has 0 radical (unpaired) electrons. The number of primary amides is 1. The predicted molar refractivity (Wildman–Crippen MR) is 67.7 cm³/mol. The number of rotatable bonds is 1. The maximum atomic E-state index is 11.6. The molecule has 0 aliphatic carbocycles. The van der Waals surface area contributed by atoms with Gasteiger partial charge in [-0.25, -0.2) is 9.69 Å². The van der Waals surface area contributed by atoms with Crippen LogP contribution in [0.2, 0.25) is 5.02 Å². The Balaban J connectivity index is 2.44. The molecule has 0 spiro atoms. The highest BCUT2D eigenvalue weighted by Crippen LogP contribution is 2.44. The summed E-state index contributed by atoms with van der Waals surface area (Å²) >= 11 is 7.19. The van der Waals surface area contributed by atoms with Crippen molar-refractivity contribution < 1.29 is 9.59 Å². The third-order valence-electron chi connectivity index (χ3n) is 2.75. The van der Waals surface area contributed by atoms with E-state index in [4.69, 9.17) is 17.3 Å². The van der Waals surface area contributed by atoms with Gasteiger partial charge in [0.05, 0.1) is 5.75 Å². The minimum Gasteiger partial charge on any atom is -0.351 e. The normalized spacial score (nSPS) is 24.1. The number of hydrogen-bond donors (Lipinski definition) is 1. The van der Waals surface area contributed by atoms with Gasteiger partial charge in [0, 0.05) is 5.02 Å². The van der Waals surface area contributed by atoms with E-state index in [1.165, 1.54) is 11.8 Å². The van der Waals surface area contributed by atoms with Crippen molar-refractivity contribution in [3.63, 3.8) is 0 Å². The molecule has 1 atom stereocenters. The van der Waals surface area contributed by atoms with Gasteiger partial charge in [-0.05, 0) is 24.6 Å². The Labute approximate surface area is 108 Å². The van der Waals surface area contributed by atoms with Crippen LogP contribution >= 0.6 is 23.4 Å². The molecule has 3 amide bonds. The Bertz CT molecular complexity index is 477. The Kier molecular flexibility index (Phi) is 3.05. The molecule has 4 nitrogen and oxygen atoms in total. The number of urea groups is 1. The van der Waals surface area contributed by atoms with E-state index in [1.54, 1.807) is 31.2 Å². The first-order chi connectivity index (χ1) is 7.95. The molecule has 17 heavy (non-hydrogen) atoms. The Morgan fingerprint density at radius 3 is 2.59 bits per heavy atom. The lowest BCUT2D eigenvalue weighted by atomic mass is 10.1. The lowest BCUT2D eigenvalue weighted by Crippen LogP contribution is -2.47. The van der Waals surface area contributed by atoms with Crippen molar-refractivity contribution in [2.24, 2.45) is 5.73 Å². The molecule has 1 unspecified atom stereocenters. The topological polar surface area (TPSA) is 63.4 Å². The van der Waals surface area contributed by atoms with E-state index in [-0.39, 0.29) is 11.7 Å². The summed E-state index contributed by atoms with van der Waals surface area (Å²) in [5, 5.41) is 0.609. The summed E-state index contributed by atoms with van der Waals surface area (Å²) < 4.78 is 0. The maximum Gasteiger partial charge on any atom is 0.322 e. The molecule has 0 saturated carbocycles. The van der Waals surface area contributed by atoms with Crippen molar-refractivity contribution in [3.8, 4) is 0 Å². The largest absolute Gasteiger partial charge is 0.351 e.